The maximum absolute atomic E-state index is 5.12. The molecule has 0 radical (unpaired) electrons. The molecule has 3 aromatic heterocycles. The van der Waals surface area contributed by atoms with Crippen LogP contribution in [0.4, 0.5) is 5.82 Å². The van der Waals surface area contributed by atoms with Gasteiger partial charge >= 0.3 is 0 Å². The Morgan fingerprint density at radius 3 is 2.74 bits per heavy atom. The third kappa shape index (κ3) is 2.85. The molecule has 1 aliphatic heterocycles. The van der Waals surface area contributed by atoms with Gasteiger partial charge in [0.2, 0.25) is 0 Å². The standard InChI is InChI=1S/C23H24N8/c1-2-18-23-29-26-14-30(23)19-13-24-21(27-22(19)31(18)16-10-6-7-11-16)17-12-25-28-20(17)15-8-4-3-5-9-15/h3-5,8-9,12-14,16,18H,2,6-7,10-11H2,1H3,(H,25,28)/t18-/m1/s1. The highest BCUT2D eigenvalue weighted by molar-refractivity contribution is 5.78. The van der Waals surface area contributed by atoms with Crippen molar-refractivity contribution in [1.29, 1.82) is 0 Å². The van der Waals surface area contributed by atoms with E-state index in [0.717, 1.165) is 40.6 Å². The van der Waals surface area contributed by atoms with E-state index in [9.17, 15) is 0 Å². The SMILES string of the molecule is CC[C@@H]1c2nncn2-c2cnc(-c3cn[nH]c3-c3ccccc3)nc2N1C1CCCC1. The summed E-state index contributed by atoms with van der Waals surface area (Å²) in [6.07, 6.45) is 11.3. The molecule has 31 heavy (non-hydrogen) atoms. The fraction of sp³-hybridized carbons (Fsp3) is 0.348. The van der Waals surface area contributed by atoms with E-state index in [1.807, 2.05) is 35.2 Å². The van der Waals surface area contributed by atoms with E-state index in [1.165, 1.54) is 25.7 Å². The molecule has 2 aliphatic rings. The number of rotatable bonds is 4. The van der Waals surface area contributed by atoms with Gasteiger partial charge in [0.15, 0.2) is 17.5 Å². The van der Waals surface area contributed by atoms with E-state index in [4.69, 9.17) is 9.97 Å². The number of hydrogen-bond acceptors (Lipinski definition) is 6. The van der Waals surface area contributed by atoms with Gasteiger partial charge in [-0.3, -0.25) is 9.67 Å². The van der Waals surface area contributed by atoms with Crippen molar-refractivity contribution in [3.8, 4) is 28.3 Å². The van der Waals surface area contributed by atoms with Crippen molar-refractivity contribution >= 4 is 5.82 Å². The molecule has 0 unspecified atom stereocenters. The number of aromatic amines is 1. The van der Waals surface area contributed by atoms with E-state index < -0.39 is 0 Å². The molecule has 0 amide bonds. The molecule has 4 heterocycles. The zero-order valence-corrected chi connectivity index (χ0v) is 17.4. The third-order valence-electron chi connectivity index (χ3n) is 6.51. The topological polar surface area (TPSA) is 88.4 Å². The number of aromatic nitrogens is 7. The summed E-state index contributed by atoms with van der Waals surface area (Å²) < 4.78 is 2.05. The molecule has 1 atom stereocenters. The highest BCUT2D eigenvalue weighted by Crippen LogP contribution is 2.43. The largest absolute Gasteiger partial charge is 0.342 e. The van der Waals surface area contributed by atoms with Crippen molar-refractivity contribution in [2.75, 3.05) is 4.90 Å². The lowest BCUT2D eigenvalue weighted by Crippen LogP contribution is -2.42. The third-order valence-corrected chi connectivity index (χ3v) is 6.51. The highest BCUT2D eigenvalue weighted by atomic mass is 15.4. The van der Waals surface area contributed by atoms with E-state index in [1.54, 1.807) is 6.33 Å². The summed E-state index contributed by atoms with van der Waals surface area (Å²) in [7, 11) is 0. The van der Waals surface area contributed by atoms with E-state index in [-0.39, 0.29) is 6.04 Å². The number of anilines is 1. The predicted octanol–water partition coefficient (Wildman–Crippen LogP) is 4.33. The van der Waals surface area contributed by atoms with Crippen LogP contribution in [-0.2, 0) is 0 Å². The fourth-order valence-electron chi connectivity index (χ4n) is 5.05. The van der Waals surface area contributed by atoms with Crippen LogP contribution in [0.5, 0.6) is 0 Å². The molecule has 4 aromatic rings. The number of fused-ring (bicyclic) bond motifs is 3. The molecule has 8 nitrogen and oxygen atoms in total. The van der Waals surface area contributed by atoms with Crippen LogP contribution in [-0.4, -0.2) is 41.0 Å². The van der Waals surface area contributed by atoms with Gasteiger partial charge < -0.3 is 4.90 Å². The molecular formula is C23H24N8. The van der Waals surface area contributed by atoms with Gasteiger partial charge in [-0.1, -0.05) is 50.1 Å². The lowest BCUT2D eigenvalue weighted by molar-refractivity contribution is 0.469. The first-order chi connectivity index (χ1) is 15.3. The number of nitrogens with one attached hydrogen (secondary N) is 1. The number of benzene rings is 1. The number of hydrogen-bond donors (Lipinski definition) is 1. The van der Waals surface area contributed by atoms with Crippen molar-refractivity contribution in [1.82, 2.24) is 34.9 Å². The Kier molecular flexibility index (Phi) is 4.29. The van der Waals surface area contributed by atoms with Crippen molar-refractivity contribution in [2.24, 2.45) is 0 Å². The van der Waals surface area contributed by atoms with E-state index in [0.29, 0.717) is 11.9 Å². The maximum atomic E-state index is 5.12. The average Bonchev–Trinajstić information content (AvgIpc) is 3.59. The molecule has 1 N–H and O–H groups in total. The van der Waals surface area contributed by atoms with Gasteiger partial charge in [0, 0.05) is 11.6 Å². The van der Waals surface area contributed by atoms with Gasteiger partial charge in [0.05, 0.1) is 29.7 Å². The summed E-state index contributed by atoms with van der Waals surface area (Å²) in [5.41, 5.74) is 3.85. The first kappa shape index (κ1) is 18.2. The van der Waals surface area contributed by atoms with Crippen LogP contribution in [0.15, 0.2) is 49.1 Å². The Bertz CT molecular complexity index is 1210. The molecule has 6 rings (SSSR count). The summed E-state index contributed by atoms with van der Waals surface area (Å²) >= 11 is 0. The molecule has 0 saturated heterocycles. The zero-order valence-electron chi connectivity index (χ0n) is 17.4. The Balaban J connectivity index is 1.51. The van der Waals surface area contributed by atoms with Crippen LogP contribution in [0.3, 0.4) is 0 Å². The summed E-state index contributed by atoms with van der Waals surface area (Å²) in [4.78, 5) is 12.3. The van der Waals surface area contributed by atoms with Gasteiger partial charge in [-0.15, -0.1) is 10.2 Å². The Morgan fingerprint density at radius 2 is 1.94 bits per heavy atom. The summed E-state index contributed by atoms with van der Waals surface area (Å²) in [5.74, 6) is 2.63. The van der Waals surface area contributed by atoms with Crippen molar-refractivity contribution < 1.29 is 0 Å². The lowest BCUT2D eigenvalue weighted by atomic mass is 10.0. The van der Waals surface area contributed by atoms with Crippen LogP contribution >= 0.6 is 0 Å². The van der Waals surface area contributed by atoms with Crippen molar-refractivity contribution in [2.45, 2.75) is 51.1 Å². The summed E-state index contributed by atoms with van der Waals surface area (Å²) in [6, 6.07) is 10.8. The van der Waals surface area contributed by atoms with E-state index in [2.05, 4.69) is 44.4 Å². The first-order valence-electron chi connectivity index (χ1n) is 11.0. The molecule has 8 heteroatoms. The number of H-pyrrole nitrogens is 1. The lowest BCUT2D eigenvalue weighted by Gasteiger charge is -2.40. The van der Waals surface area contributed by atoms with Crippen LogP contribution in [0.25, 0.3) is 28.3 Å². The second kappa shape index (κ2) is 7.30. The van der Waals surface area contributed by atoms with E-state index >= 15 is 0 Å². The zero-order chi connectivity index (χ0) is 20.8. The molecule has 1 fully saturated rings. The van der Waals surface area contributed by atoms with Crippen LogP contribution in [0.2, 0.25) is 0 Å². The van der Waals surface area contributed by atoms with Gasteiger partial charge in [0.25, 0.3) is 0 Å². The van der Waals surface area contributed by atoms with Gasteiger partial charge in [0.1, 0.15) is 12.0 Å². The van der Waals surface area contributed by atoms with Crippen molar-refractivity contribution in [3.63, 3.8) is 0 Å². The highest BCUT2D eigenvalue weighted by Gasteiger charge is 2.38. The Morgan fingerprint density at radius 1 is 1.10 bits per heavy atom. The fourth-order valence-corrected chi connectivity index (χ4v) is 5.05. The number of nitrogens with zero attached hydrogens (tertiary/aromatic N) is 7. The smallest absolute Gasteiger partial charge is 0.165 e. The molecule has 1 aromatic carbocycles. The van der Waals surface area contributed by atoms with Crippen LogP contribution < -0.4 is 4.90 Å². The normalized spacial score (nSPS) is 18.2. The first-order valence-corrected chi connectivity index (χ1v) is 11.0. The van der Waals surface area contributed by atoms with Gasteiger partial charge in [-0.25, -0.2) is 9.97 Å². The monoisotopic (exact) mass is 412 g/mol. The molecule has 0 spiro atoms. The van der Waals surface area contributed by atoms with Crippen LogP contribution in [0.1, 0.15) is 50.9 Å². The van der Waals surface area contributed by atoms with Gasteiger partial charge in [-0.05, 0) is 19.3 Å². The Hall–Kier alpha value is -3.55. The van der Waals surface area contributed by atoms with Crippen LogP contribution in [0, 0.1) is 0 Å². The quantitative estimate of drug-likeness (QED) is 0.537. The summed E-state index contributed by atoms with van der Waals surface area (Å²) in [6.45, 7) is 2.21. The summed E-state index contributed by atoms with van der Waals surface area (Å²) in [5, 5.41) is 16.1. The average molecular weight is 413 g/mol. The molecule has 1 aliphatic carbocycles. The molecule has 156 valence electrons. The minimum atomic E-state index is 0.166. The molecular weight excluding hydrogens is 388 g/mol. The second-order valence-corrected chi connectivity index (χ2v) is 8.26. The predicted molar refractivity (Wildman–Crippen MR) is 118 cm³/mol. The minimum Gasteiger partial charge on any atom is -0.342 e. The second-order valence-electron chi connectivity index (χ2n) is 8.26. The Labute approximate surface area is 180 Å². The van der Waals surface area contributed by atoms with Crippen molar-refractivity contribution in [3.05, 3.63) is 54.9 Å². The minimum absolute atomic E-state index is 0.166. The molecule has 1 saturated carbocycles. The molecule has 0 bridgehead atoms. The maximum Gasteiger partial charge on any atom is 0.165 e. The van der Waals surface area contributed by atoms with Gasteiger partial charge in [-0.2, -0.15) is 5.10 Å².